The van der Waals surface area contributed by atoms with Crippen molar-refractivity contribution in [2.75, 3.05) is 18.5 Å². The van der Waals surface area contributed by atoms with E-state index in [0.717, 1.165) is 25.0 Å². The summed E-state index contributed by atoms with van der Waals surface area (Å²) in [6.07, 6.45) is 4.35. The van der Waals surface area contributed by atoms with Crippen molar-refractivity contribution in [3.8, 4) is 0 Å². The molecule has 5 rings (SSSR count). The highest BCUT2D eigenvalue weighted by Crippen LogP contribution is 2.62. The van der Waals surface area contributed by atoms with E-state index < -0.39 is 0 Å². The molecule has 4 unspecified atom stereocenters. The first kappa shape index (κ1) is 13.4. The van der Waals surface area contributed by atoms with Gasteiger partial charge in [0.15, 0.2) is 5.78 Å². The topological polar surface area (TPSA) is 23.6 Å². The lowest BCUT2D eigenvalue weighted by molar-refractivity contribution is -0.114. The van der Waals surface area contributed by atoms with E-state index in [4.69, 9.17) is 0 Å². The Morgan fingerprint density at radius 3 is 2.91 bits per heavy atom. The number of ketones is 1. The second-order valence-electron chi connectivity index (χ2n) is 7.58. The Bertz CT molecular complexity index is 780. The van der Waals surface area contributed by atoms with Gasteiger partial charge in [-0.05, 0) is 37.0 Å². The van der Waals surface area contributed by atoms with Crippen molar-refractivity contribution in [1.82, 2.24) is 4.90 Å². The number of benzene rings is 1. The number of hydrogen-bond donors (Lipinski definition) is 0. The van der Waals surface area contributed by atoms with Crippen LogP contribution in [-0.2, 0) is 10.2 Å². The van der Waals surface area contributed by atoms with E-state index >= 15 is 0 Å². The van der Waals surface area contributed by atoms with Crippen LogP contribution in [0.2, 0.25) is 0 Å². The van der Waals surface area contributed by atoms with Crippen molar-refractivity contribution in [3.05, 3.63) is 53.8 Å². The lowest BCUT2D eigenvalue weighted by atomic mass is 9.58. The molecule has 1 spiro atoms. The van der Waals surface area contributed by atoms with E-state index in [1.807, 2.05) is 0 Å². The smallest absolute Gasteiger partial charge is 0.157 e. The number of allylic oxidation sites excluding steroid dienone is 1. The summed E-state index contributed by atoms with van der Waals surface area (Å²) < 4.78 is 0. The highest BCUT2D eigenvalue weighted by molar-refractivity contribution is 5.95. The van der Waals surface area contributed by atoms with Gasteiger partial charge < -0.3 is 9.80 Å². The summed E-state index contributed by atoms with van der Waals surface area (Å²) in [5.74, 6) is 0.425. The maximum absolute atomic E-state index is 12.2. The van der Waals surface area contributed by atoms with E-state index in [9.17, 15) is 4.79 Å². The summed E-state index contributed by atoms with van der Waals surface area (Å²) in [6.45, 7) is 7.24. The largest absolute Gasteiger partial charge is 0.373 e. The Labute approximate surface area is 137 Å². The first-order chi connectivity index (χ1) is 11.1. The molecule has 2 fully saturated rings. The third-order valence-electron chi connectivity index (χ3n) is 6.78. The molecule has 1 saturated carbocycles. The number of Topliss-reactive ketones (excluding diaryl/α,β-unsaturated/α-hetero) is 1. The maximum Gasteiger partial charge on any atom is 0.157 e. The summed E-state index contributed by atoms with van der Waals surface area (Å²) in [4.78, 5) is 17.0. The third kappa shape index (κ3) is 1.36. The number of anilines is 1. The molecular weight excluding hydrogens is 284 g/mol. The molecule has 3 heterocycles. The van der Waals surface area contributed by atoms with E-state index in [-0.39, 0.29) is 17.1 Å². The van der Waals surface area contributed by atoms with E-state index in [2.05, 4.69) is 53.9 Å². The van der Waals surface area contributed by atoms with Crippen LogP contribution in [0.4, 0.5) is 5.69 Å². The van der Waals surface area contributed by atoms with Crippen molar-refractivity contribution >= 4 is 11.5 Å². The maximum atomic E-state index is 12.2. The van der Waals surface area contributed by atoms with Crippen molar-refractivity contribution in [2.45, 2.75) is 37.3 Å². The molecule has 3 heteroatoms. The van der Waals surface area contributed by atoms with Gasteiger partial charge in [-0.3, -0.25) is 4.79 Å². The highest BCUT2D eigenvalue weighted by atomic mass is 16.1. The van der Waals surface area contributed by atoms with Crippen LogP contribution in [0.5, 0.6) is 0 Å². The molecule has 1 saturated heterocycles. The zero-order valence-corrected chi connectivity index (χ0v) is 13.7. The molecule has 1 aromatic rings. The second-order valence-corrected chi connectivity index (χ2v) is 7.58. The van der Waals surface area contributed by atoms with Gasteiger partial charge in [-0.25, -0.2) is 0 Å². The molecular formula is C20H22N2O. The van der Waals surface area contributed by atoms with Crippen molar-refractivity contribution in [1.29, 1.82) is 0 Å². The Morgan fingerprint density at radius 1 is 1.35 bits per heavy atom. The average molecular weight is 306 g/mol. The van der Waals surface area contributed by atoms with Gasteiger partial charge in [0.2, 0.25) is 0 Å². The molecule has 3 aliphatic heterocycles. The first-order valence-electron chi connectivity index (χ1n) is 8.55. The zero-order chi connectivity index (χ0) is 15.9. The van der Waals surface area contributed by atoms with E-state index in [1.54, 1.807) is 6.92 Å². The molecule has 0 amide bonds. The molecule has 4 aliphatic rings. The molecule has 3 nitrogen and oxygen atoms in total. The zero-order valence-electron chi connectivity index (χ0n) is 13.7. The average Bonchev–Trinajstić information content (AvgIpc) is 3.06. The summed E-state index contributed by atoms with van der Waals surface area (Å²) in [5, 5.41) is 0. The molecule has 0 N–H and O–H groups in total. The lowest BCUT2D eigenvalue weighted by Crippen LogP contribution is -2.58. The Kier molecular flexibility index (Phi) is 2.38. The molecule has 0 aromatic heterocycles. The van der Waals surface area contributed by atoms with Crippen molar-refractivity contribution < 1.29 is 4.79 Å². The van der Waals surface area contributed by atoms with Gasteiger partial charge in [0.05, 0.1) is 6.04 Å². The number of para-hydroxylation sites is 1. The van der Waals surface area contributed by atoms with Gasteiger partial charge >= 0.3 is 0 Å². The first-order valence-corrected chi connectivity index (χ1v) is 8.55. The number of carbonyl (C=O) groups is 1. The summed E-state index contributed by atoms with van der Waals surface area (Å²) in [7, 11) is 2.20. The van der Waals surface area contributed by atoms with Crippen LogP contribution >= 0.6 is 0 Å². The molecule has 1 aromatic carbocycles. The summed E-state index contributed by atoms with van der Waals surface area (Å²) >= 11 is 0. The van der Waals surface area contributed by atoms with Gasteiger partial charge in [0.1, 0.15) is 0 Å². The molecule has 4 atom stereocenters. The van der Waals surface area contributed by atoms with Crippen LogP contribution in [0, 0.1) is 5.92 Å². The van der Waals surface area contributed by atoms with Gasteiger partial charge in [0, 0.05) is 48.4 Å². The standard InChI is InChI=1S/C20H22N2O/c1-12-14-10-18-20(8-9-22(18)11-15(14)13(2)23)16-6-4-5-7-17(16)21(3)19(12)20/h4-7,11,14,18-19H,1,8-10H2,2-3H3. The summed E-state index contributed by atoms with van der Waals surface area (Å²) in [5.41, 5.74) is 5.18. The van der Waals surface area contributed by atoms with E-state index in [0.29, 0.717) is 12.1 Å². The number of likely N-dealkylation sites (N-methyl/N-ethyl adjacent to an activating group) is 1. The van der Waals surface area contributed by atoms with Crippen LogP contribution < -0.4 is 4.90 Å². The molecule has 2 bridgehead atoms. The van der Waals surface area contributed by atoms with Crippen LogP contribution in [0.25, 0.3) is 0 Å². The fourth-order valence-corrected chi connectivity index (χ4v) is 5.95. The number of carbonyl (C=O) groups excluding carboxylic acids is 1. The minimum atomic E-state index is 0.151. The number of nitrogens with zero attached hydrogens (tertiary/aromatic N) is 2. The minimum absolute atomic E-state index is 0.151. The van der Waals surface area contributed by atoms with Crippen molar-refractivity contribution in [2.24, 2.45) is 5.92 Å². The molecule has 118 valence electrons. The van der Waals surface area contributed by atoms with Gasteiger partial charge in [0.25, 0.3) is 0 Å². The molecule has 1 aliphatic carbocycles. The predicted molar refractivity (Wildman–Crippen MR) is 91.4 cm³/mol. The SMILES string of the molecule is C=C1C2CC3N(C=C2C(C)=O)CCC32c3ccccc3N(C)C12. The fraction of sp³-hybridized carbons (Fsp3) is 0.450. The predicted octanol–water partition coefficient (Wildman–Crippen LogP) is 2.88. The van der Waals surface area contributed by atoms with Crippen molar-refractivity contribution in [3.63, 3.8) is 0 Å². The van der Waals surface area contributed by atoms with Gasteiger partial charge in [-0.2, -0.15) is 0 Å². The van der Waals surface area contributed by atoms with Crippen LogP contribution in [0.3, 0.4) is 0 Å². The van der Waals surface area contributed by atoms with Crippen LogP contribution in [0.1, 0.15) is 25.3 Å². The number of rotatable bonds is 1. The quantitative estimate of drug-likeness (QED) is 0.745. The molecule has 0 radical (unpaired) electrons. The van der Waals surface area contributed by atoms with E-state index in [1.165, 1.54) is 16.8 Å². The highest BCUT2D eigenvalue weighted by Gasteiger charge is 2.64. The van der Waals surface area contributed by atoms with Crippen LogP contribution in [-0.4, -0.2) is 36.4 Å². The normalized spacial score (nSPS) is 36.7. The lowest BCUT2D eigenvalue weighted by Gasteiger charge is -2.52. The number of hydrogen-bond acceptors (Lipinski definition) is 3. The molecule has 23 heavy (non-hydrogen) atoms. The number of fused-ring (bicyclic) bond motifs is 2. The third-order valence-corrected chi connectivity index (χ3v) is 6.78. The fourth-order valence-electron chi connectivity index (χ4n) is 5.95. The summed E-state index contributed by atoms with van der Waals surface area (Å²) in [6, 6.07) is 9.66. The van der Waals surface area contributed by atoms with Gasteiger partial charge in [-0.1, -0.05) is 24.8 Å². The van der Waals surface area contributed by atoms with Crippen LogP contribution in [0.15, 0.2) is 48.2 Å². The Hall–Kier alpha value is -2.03. The van der Waals surface area contributed by atoms with Gasteiger partial charge in [-0.15, -0.1) is 0 Å². The Morgan fingerprint density at radius 2 is 2.13 bits per heavy atom. The second kappa shape index (κ2) is 4.08. The minimum Gasteiger partial charge on any atom is -0.373 e. The Balaban J connectivity index is 1.76. The monoisotopic (exact) mass is 306 g/mol.